The summed E-state index contributed by atoms with van der Waals surface area (Å²) in [6.45, 7) is 4.16. The predicted molar refractivity (Wildman–Crippen MR) is 120 cm³/mol. The van der Waals surface area contributed by atoms with E-state index in [0.717, 1.165) is 46.2 Å². The van der Waals surface area contributed by atoms with Gasteiger partial charge in [-0.2, -0.15) is 0 Å². The van der Waals surface area contributed by atoms with Crippen LogP contribution >= 0.6 is 0 Å². The first-order valence-electron chi connectivity index (χ1n) is 10.0. The van der Waals surface area contributed by atoms with E-state index in [2.05, 4.69) is 39.4 Å². The smallest absolute Gasteiger partial charge is 0.258 e. The van der Waals surface area contributed by atoms with Crippen LogP contribution in [0.25, 0.3) is 10.9 Å². The fourth-order valence-electron chi connectivity index (χ4n) is 3.42. The molecule has 6 heteroatoms. The van der Waals surface area contributed by atoms with Crippen molar-refractivity contribution >= 4 is 34.1 Å². The molecule has 0 unspecified atom stereocenters. The van der Waals surface area contributed by atoms with Gasteiger partial charge in [0.25, 0.3) is 5.91 Å². The Labute approximate surface area is 175 Å². The molecule has 0 bridgehead atoms. The molecule has 4 aromatic rings. The van der Waals surface area contributed by atoms with Gasteiger partial charge in [0.1, 0.15) is 0 Å². The van der Waals surface area contributed by atoms with Crippen molar-refractivity contribution in [2.75, 3.05) is 10.6 Å². The second-order valence-electron chi connectivity index (χ2n) is 6.91. The molecule has 6 nitrogen and oxygen atoms in total. The molecular weight excluding hydrogens is 374 g/mol. The highest BCUT2D eigenvalue weighted by Gasteiger charge is 2.13. The summed E-state index contributed by atoms with van der Waals surface area (Å²) in [5.74, 6) is 0.192. The maximum absolute atomic E-state index is 12.8. The molecular formula is C24H23N5O. The summed E-state index contributed by atoms with van der Waals surface area (Å²) in [6, 6.07) is 15.9. The van der Waals surface area contributed by atoms with Gasteiger partial charge in [-0.1, -0.05) is 50.2 Å². The van der Waals surface area contributed by atoms with Crippen molar-refractivity contribution in [2.24, 2.45) is 0 Å². The fraction of sp³-hybridized carbons (Fsp3) is 0.167. The Hall–Kier alpha value is -3.80. The molecule has 0 aliphatic heterocycles. The molecule has 1 amide bonds. The highest BCUT2D eigenvalue weighted by Crippen LogP contribution is 2.24. The number of nitrogens with one attached hydrogen (secondary N) is 2. The molecule has 2 aromatic heterocycles. The van der Waals surface area contributed by atoms with Crippen LogP contribution in [0.15, 0.2) is 67.1 Å². The normalized spacial score (nSPS) is 10.7. The van der Waals surface area contributed by atoms with Gasteiger partial charge in [0.05, 0.1) is 16.8 Å². The number of fused-ring (bicyclic) bond motifs is 1. The molecule has 4 rings (SSSR count). The Morgan fingerprint density at radius 3 is 2.23 bits per heavy atom. The number of rotatable bonds is 6. The maximum Gasteiger partial charge on any atom is 0.258 e. The standard InChI is InChI=1S/C24H23N5O/c1-3-16-8-5-9-17(4-2)21(16)29-23(30)19-14-26-24(27-15-19)28-20-12-6-10-18-11-7-13-25-22(18)20/h5-15H,3-4H2,1-2H3,(H,29,30)(H,26,27,28). The summed E-state index contributed by atoms with van der Waals surface area (Å²) in [4.78, 5) is 25.8. The topological polar surface area (TPSA) is 79.8 Å². The Bertz CT molecular complexity index is 1160. The van der Waals surface area contributed by atoms with Crippen molar-refractivity contribution in [3.05, 3.63) is 83.8 Å². The van der Waals surface area contributed by atoms with Crippen molar-refractivity contribution in [2.45, 2.75) is 26.7 Å². The summed E-state index contributed by atoms with van der Waals surface area (Å²) in [5, 5.41) is 7.25. The van der Waals surface area contributed by atoms with E-state index in [1.807, 2.05) is 48.5 Å². The molecule has 2 N–H and O–H groups in total. The zero-order valence-electron chi connectivity index (χ0n) is 17.0. The van der Waals surface area contributed by atoms with Gasteiger partial charge in [0.2, 0.25) is 5.95 Å². The third-order valence-corrected chi connectivity index (χ3v) is 5.03. The lowest BCUT2D eigenvalue weighted by molar-refractivity contribution is 0.102. The van der Waals surface area contributed by atoms with E-state index >= 15 is 0 Å². The van der Waals surface area contributed by atoms with E-state index in [9.17, 15) is 4.79 Å². The molecule has 0 aliphatic rings. The Kier molecular flexibility index (Phi) is 5.66. The van der Waals surface area contributed by atoms with Crippen molar-refractivity contribution in [1.29, 1.82) is 0 Å². The van der Waals surface area contributed by atoms with Crippen LogP contribution < -0.4 is 10.6 Å². The lowest BCUT2D eigenvalue weighted by Gasteiger charge is -2.14. The largest absolute Gasteiger partial charge is 0.322 e. The highest BCUT2D eigenvalue weighted by molar-refractivity contribution is 6.04. The molecule has 2 aromatic carbocycles. The molecule has 0 aliphatic carbocycles. The van der Waals surface area contributed by atoms with Crippen molar-refractivity contribution in [3.63, 3.8) is 0 Å². The average Bonchev–Trinajstić information content (AvgIpc) is 2.80. The number of carbonyl (C=O) groups excluding carboxylic acids is 1. The first kappa shape index (κ1) is 19.5. The number of aromatic nitrogens is 3. The predicted octanol–water partition coefficient (Wildman–Crippen LogP) is 5.15. The monoisotopic (exact) mass is 397 g/mol. The summed E-state index contributed by atoms with van der Waals surface area (Å²) >= 11 is 0. The maximum atomic E-state index is 12.8. The van der Waals surface area contributed by atoms with Crippen LogP contribution in [0.4, 0.5) is 17.3 Å². The quantitative estimate of drug-likeness (QED) is 0.471. The highest BCUT2D eigenvalue weighted by atomic mass is 16.1. The molecule has 2 heterocycles. The molecule has 0 fully saturated rings. The number of hydrogen-bond donors (Lipinski definition) is 2. The van der Waals surface area contributed by atoms with Gasteiger partial charge in [0, 0.05) is 29.7 Å². The van der Waals surface area contributed by atoms with Crippen LogP contribution in [-0.2, 0) is 12.8 Å². The third kappa shape index (κ3) is 3.98. The number of anilines is 3. The first-order valence-corrected chi connectivity index (χ1v) is 10.0. The van der Waals surface area contributed by atoms with E-state index in [1.165, 1.54) is 12.4 Å². The Morgan fingerprint density at radius 2 is 1.53 bits per heavy atom. The summed E-state index contributed by atoms with van der Waals surface area (Å²) in [5.41, 5.74) is 5.18. The second-order valence-corrected chi connectivity index (χ2v) is 6.91. The molecule has 30 heavy (non-hydrogen) atoms. The molecule has 150 valence electrons. The average molecular weight is 397 g/mol. The van der Waals surface area contributed by atoms with Crippen molar-refractivity contribution in [1.82, 2.24) is 15.0 Å². The molecule has 0 radical (unpaired) electrons. The van der Waals surface area contributed by atoms with Crippen LogP contribution in [0, 0.1) is 0 Å². The molecule has 0 atom stereocenters. The van der Waals surface area contributed by atoms with Gasteiger partial charge in [0.15, 0.2) is 0 Å². The van der Waals surface area contributed by atoms with Crippen molar-refractivity contribution < 1.29 is 4.79 Å². The summed E-state index contributed by atoms with van der Waals surface area (Å²) in [6.07, 6.45) is 6.51. The van der Waals surface area contributed by atoms with Gasteiger partial charge in [-0.05, 0) is 36.1 Å². The van der Waals surface area contributed by atoms with E-state index in [0.29, 0.717) is 11.5 Å². The van der Waals surface area contributed by atoms with Crippen LogP contribution in [0.1, 0.15) is 35.3 Å². The number of hydrogen-bond acceptors (Lipinski definition) is 5. The number of nitrogens with zero attached hydrogens (tertiary/aromatic N) is 3. The minimum atomic E-state index is -0.219. The number of para-hydroxylation sites is 2. The molecule has 0 saturated heterocycles. The van der Waals surface area contributed by atoms with Crippen LogP contribution in [-0.4, -0.2) is 20.9 Å². The van der Waals surface area contributed by atoms with Gasteiger partial charge in [-0.15, -0.1) is 0 Å². The van der Waals surface area contributed by atoms with E-state index < -0.39 is 0 Å². The van der Waals surface area contributed by atoms with Crippen LogP contribution in [0.2, 0.25) is 0 Å². The van der Waals surface area contributed by atoms with Crippen molar-refractivity contribution in [3.8, 4) is 0 Å². The fourth-order valence-corrected chi connectivity index (χ4v) is 3.42. The first-order chi connectivity index (χ1) is 14.7. The summed E-state index contributed by atoms with van der Waals surface area (Å²) < 4.78 is 0. The van der Waals surface area contributed by atoms with Crippen LogP contribution in [0.3, 0.4) is 0 Å². The number of carbonyl (C=O) groups is 1. The summed E-state index contributed by atoms with van der Waals surface area (Å²) in [7, 11) is 0. The number of amides is 1. The third-order valence-electron chi connectivity index (χ3n) is 5.03. The SMILES string of the molecule is CCc1cccc(CC)c1NC(=O)c1cnc(Nc2cccc3cccnc23)nc1. The zero-order chi connectivity index (χ0) is 20.9. The Morgan fingerprint density at radius 1 is 0.867 bits per heavy atom. The minimum Gasteiger partial charge on any atom is -0.322 e. The molecule has 0 spiro atoms. The van der Waals surface area contributed by atoms with E-state index in [4.69, 9.17) is 0 Å². The molecule has 0 saturated carbocycles. The van der Waals surface area contributed by atoms with Gasteiger partial charge < -0.3 is 10.6 Å². The lowest BCUT2D eigenvalue weighted by Crippen LogP contribution is -2.15. The number of pyridine rings is 1. The second kappa shape index (κ2) is 8.69. The number of benzene rings is 2. The van der Waals surface area contributed by atoms with Gasteiger partial charge in [-0.3, -0.25) is 9.78 Å². The zero-order valence-corrected chi connectivity index (χ0v) is 17.0. The number of aryl methyl sites for hydroxylation is 2. The minimum absolute atomic E-state index is 0.219. The van der Waals surface area contributed by atoms with Gasteiger partial charge in [-0.25, -0.2) is 9.97 Å². The van der Waals surface area contributed by atoms with E-state index in [-0.39, 0.29) is 5.91 Å². The van der Waals surface area contributed by atoms with Crippen LogP contribution in [0.5, 0.6) is 0 Å². The van der Waals surface area contributed by atoms with Gasteiger partial charge >= 0.3 is 0 Å². The van der Waals surface area contributed by atoms with E-state index in [1.54, 1.807) is 6.20 Å². The lowest BCUT2D eigenvalue weighted by atomic mass is 10.0. The Balaban J connectivity index is 1.53.